The molecule has 0 aliphatic heterocycles. The van der Waals surface area contributed by atoms with Gasteiger partial charge in [0.2, 0.25) is 0 Å². The normalized spacial score (nSPS) is 12.1. The molecule has 142 valence electrons. The zero-order valence-electron chi connectivity index (χ0n) is 14.2. The molecular formula is C16H19F3N4O2S. The van der Waals surface area contributed by atoms with E-state index in [9.17, 15) is 18.3 Å². The van der Waals surface area contributed by atoms with Gasteiger partial charge in [-0.05, 0) is 25.1 Å². The minimum absolute atomic E-state index is 0.0835. The number of methoxy groups -OCH3 is 1. The number of alkyl halides is 3. The van der Waals surface area contributed by atoms with E-state index in [4.69, 9.17) is 4.74 Å². The molecule has 0 aliphatic rings. The quantitative estimate of drug-likeness (QED) is 0.523. The molecule has 3 N–H and O–H groups in total. The van der Waals surface area contributed by atoms with E-state index in [1.165, 1.54) is 13.2 Å². The monoisotopic (exact) mass is 388 g/mol. The Morgan fingerprint density at radius 3 is 2.73 bits per heavy atom. The van der Waals surface area contributed by atoms with Gasteiger partial charge < -0.3 is 20.5 Å². The molecule has 1 heterocycles. The fourth-order valence-electron chi connectivity index (χ4n) is 2.00. The molecule has 0 fully saturated rings. The molecule has 0 radical (unpaired) electrons. The maximum Gasteiger partial charge on any atom is 0.434 e. The summed E-state index contributed by atoms with van der Waals surface area (Å²) in [6, 6.07) is 4.81. The molecule has 0 unspecified atom stereocenters. The zero-order valence-corrected chi connectivity index (χ0v) is 15.0. The third-order valence-corrected chi connectivity index (χ3v) is 4.14. The van der Waals surface area contributed by atoms with Crippen molar-refractivity contribution in [3.63, 3.8) is 0 Å². The summed E-state index contributed by atoms with van der Waals surface area (Å²) in [4.78, 5) is 7.88. The highest BCUT2D eigenvalue weighted by atomic mass is 32.1. The van der Waals surface area contributed by atoms with Crippen LogP contribution < -0.4 is 15.4 Å². The Hall–Kier alpha value is -2.49. The van der Waals surface area contributed by atoms with Crippen LogP contribution >= 0.6 is 11.3 Å². The van der Waals surface area contributed by atoms with Gasteiger partial charge >= 0.3 is 6.18 Å². The van der Waals surface area contributed by atoms with Gasteiger partial charge in [0.05, 0.1) is 20.2 Å². The molecule has 0 amide bonds. The molecule has 0 bridgehead atoms. The average Bonchev–Trinajstić information content (AvgIpc) is 3.08. The van der Waals surface area contributed by atoms with E-state index in [1.807, 2.05) is 6.92 Å². The van der Waals surface area contributed by atoms with Crippen molar-refractivity contribution in [2.24, 2.45) is 4.99 Å². The van der Waals surface area contributed by atoms with Gasteiger partial charge in [-0.2, -0.15) is 13.2 Å². The zero-order chi connectivity index (χ0) is 19.2. The number of hydrogen-bond donors (Lipinski definition) is 3. The molecule has 2 aromatic rings. The second kappa shape index (κ2) is 8.75. The predicted octanol–water partition coefficient (Wildman–Crippen LogP) is 3.13. The van der Waals surface area contributed by atoms with Gasteiger partial charge in [0, 0.05) is 17.5 Å². The Kier molecular flexibility index (Phi) is 6.67. The summed E-state index contributed by atoms with van der Waals surface area (Å²) >= 11 is 0.925. The molecule has 2 rings (SSSR count). The van der Waals surface area contributed by atoms with Crippen LogP contribution in [0.2, 0.25) is 0 Å². The van der Waals surface area contributed by atoms with E-state index in [0.29, 0.717) is 28.8 Å². The lowest BCUT2D eigenvalue weighted by Crippen LogP contribution is -2.36. The number of ether oxygens (including phenoxy) is 1. The summed E-state index contributed by atoms with van der Waals surface area (Å²) in [5, 5.41) is 17.1. The van der Waals surface area contributed by atoms with Gasteiger partial charge in [0.15, 0.2) is 11.7 Å². The highest BCUT2D eigenvalue weighted by molar-refractivity contribution is 7.09. The van der Waals surface area contributed by atoms with E-state index in [1.54, 1.807) is 12.1 Å². The molecule has 26 heavy (non-hydrogen) atoms. The minimum Gasteiger partial charge on any atom is -0.508 e. The van der Waals surface area contributed by atoms with Crippen molar-refractivity contribution in [1.29, 1.82) is 0 Å². The number of thiazole rings is 1. The van der Waals surface area contributed by atoms with Gasteiger partial charge in [-0.3, -0.25) is 0 Å². The molecule has 10 heteroatoms. The van der Waals surface area contributed by atoms with Crippen molar-refractivity contribution in [2.45, 2.75) is 26.2 Å². The number of aromatic nitrogens is 1. The van der Waals surface area contributed by atoms with Crippen LogP contribution in [0.1, 0.15) is 23.2 Å². The topological polar surface area (TPSA) is 78.8 Å². The van der Waals surface area contributed by atoms with Crippen molar-refractivity contribution in [3.8, 4) is 11.5 Å². The third-order valence-electron chi connectivity index (χ3n) is 3.29. The number of halogens is 3. The SMILES string of the molecule is CCNC(=NCc1cc(OC)ccc1O)NCc1nc(C(F)(F)F)cs1. The standard InChI is InChI=1S/C16H19F3N4O2S/c1-3-20-15(21-7-10-6-11(25-2)4-5-12(10)24)22-8-14-23-13(9-26-14)16(17,18)19/h4-6,9,24H,3,7-8H2,1-2H3,(H2,20,21,22). The molecule has 0 saturated heterocycles. The summed E-state index contributed by atoms with van der Waals surface area (Å²) < 4.78 is 42.9. The van der Waals surface area contributed by atoms with Crippen LogP contribution in [0.5, 0.6) is 11.5 Å². The van der Waals surface area contributed by atoms with Gasteiger partial charge in [-0.1, -0.05) is 0 Å². The number of aliphatic imine (C=N–C) groups is 1. The first-order chi connectivity index (χ1) is 12.3. The van der Waals surface area contributed by atoms with Crippen LogP contribution in [0.4, 0.5) is 13.2 Å². The van der Waals surface area contributed by atoms with Crippen LogP contribution in [0.3, 0.4) is 0 Å². The number of benzene rings is 1. The number of hydrogen-bond acceptors (Lipinski definition) is 5. The predicted molar refractivity (Wildman–Crippen MR) is 93.4 cm³/mol. The summed E-state index contributed by atoms with van der Waals surface area (Å²) in [5.41, 5.74) is -0.335. The third kappa shape index (κ3) is 5.51. The van der Waals surface area contributed by atoms with Crippen LogP contribution in [0, 0.1) is 0 Å². The van der Waals surface area contributed by atoms with Crippen LogP contribution in [0.15, 0.2) is 28.6 Å². The Labute approximate surface area is 152 Å². The second-order valence-corrected chi connectivity index (χ2v) is 6.11. The first-order valence-corrected chi connectivity index (χ1v) is 8.61. The molecule has 0 atom stereocenters. The molecule has 6 nitrogen and oxygen atoms in total. The summed E-state index contributed by atoms with van der Waals surface area (Å²) in [6.07, 6.45) is -4.45. The summed E-state index contributed by atoms with van der Waals surface area (Å²) in [6.45, 7) is 2.72. The number of nitrogens with zero attached hydrogens (tertiary/aromatic N) is 2. The average molecular weight is 388 g/mol. The molecule has 0 saturated carbocycles. The van der Waals surface area contributed by atoms with Crippen molar-refractivity contribution in [3.05, 3.63) is 39.8 Å². The van der Waals surface area contributed by atoms with Crippen molar-refractivity contribution in [1.82, 2.24) is 15.6 Å². The van der Waals surface area contributed by atoms with Crippen LogP contribution in [-0.4, -0.2) is 29.7 Å². The number of phenolic OH excluding ortho intramolecular Hbond substituents is 1. The summed E-state index contributed by atoms with van der Waals surface area (Å²) in [7, 11) is 1.52. The fourth-order valence-corrected chi connectivity index (χ4v) is 2.74. The van der Waals surface area contributed by atoms with Crippen molar-refractivity contribution in [2.75, 3.05) is 13.7 Å². The minimum atomic E-state index is -4.45. The molecule has 1 aromatic heterocycles. The van der Waals surface area contributed by atoms with Gasteiger partial charge in [0.1, 0.15) is 16.5 Å². The smallest absolute Gasteiger partial charge is 0.434 e. The highest BCUT2D eigenvalue weighted by Gasteiger charge is 2.33. The van der Waals surface area contributed by atoms with E-state index in [0.717, 1.165) is 16.7 Å². The van der Waals surface area contributed by atoms with Crippen molar-refractivity contribution < 1.29 is 23.0 Å². The molecule has 0 spiro atoms. The van der Waals surface area contributed by atoms with E-state index >= 15 is 0 Å². The van der Waals surface area contributed by atoms with Gasteiger partial charge in [-0.25, -0.2) is 9.98 Å². The lowest BCUT2D eigenvalue weighted by molar-refractivity contribution is -0.140. The number of aromatic hydroxyl groups is 1. The molecule has 0 aliphatic carbocycles. The Morgan fingerprint density at radius 1 is 1.35 bits per heavy atom. The van der Waals surface area contributed by atoms with Crippen molar-refractivity contribution >= 4 is 17.3 Å². The Morgan fingerprint density at radius 2 is 2.12 bits per heavy atom. The van der Waals surface area contributed by atoms with Gasteiger partial charge in [-0.15, -0.1) is 11.3 Å². The number of rotatable bonds is 6. The van der Waals surface area contributed by atoms with Crippen LogP contribution in [-0.2, 0) is 19.3 Å². The highest BCUT2D eigenvalue weighted by Crippen LogP contribution is 2.30. The molecule has 1 aromatic carbocycles. The first-order valence-electron chi connectivity index (χ1n) is 7.73. The second-order valence-electron chi connectivity index (χ2n) is 5.17. The fraction of sp³-hybridized carbons (Fsp3) is 0.375. The lowest BCUT2D eigenvalue weighted by Gasteiger charge is -2.11. The molecular weight excluding hydrogens is 369 g/mol. The van der Waals surface area contributed by atoms with E-state index in [2.05, 4.69) is 20.6 Å². The number of guanidine groups is 1. The maximum absolute atomic E-state index is 12.6. The number of nitrogens with one attached hydrogen (secondary N) is 2. The number of phenols is 1. The van der Waals surface area contributed by atoms with E-state index in [-0.39, 0.29) is 18.8 Å². The summed E-state index contributed by atoms with van der Waals surface area (Å²) in [5.74, 6) is 1.08. The van der Waals surface area contributed by atoms with Gasteiger partial charge in [0.25, 0.3) is 0 Å². The largest absolute Gasteiger partial charge is 0.508 e. The Bertz CT molecular complexity index is 762. The Balaban J connectivity index is 2.04. The van der Waals surface area contributed by atoms with Crippen LogP contribution in [0.25, 0.3) is 0 Å². The maximum atomic E-state index is 12.6. The lowest BCUT2D eigenvalue weighted by atomic mass is 10.2. The first kappa shape index (κ1) is 19.8. The van der Waals surface area contributed by atoms with E-state index < -0.39 is 11.9 Å².